The van der Waals surface area contributed by atoms with E-state index in [2.05, 4.69) is 18.6 Å². The Balaban J connectivity index is 1.96. The lowest BCUT2D eigenvalue weighted by Crippen LogP contribution is -2.53. The van der Waals surface area contributed by atoms with Gasteiger partial charge in [0.05, 0.1) is 11.1 Å². The molecule has 1 aromatic rings. The van der Waals surface area contributed by atoms with Crippen molar-refractivity contribution in [3.8, 4) is 0 Å². The largest absolute Gasteiger partial charge is 0.337 e. The molecule has 0 aliphatic carbocycles. The number of likely N-dealkylation sites (tertiary alicyclic amines) is 1. The Bertz CT molecular complexity index is 667. The smallest absolute Gasteiger partial charge is 0.263 e. The molecule has 1 atom stereocenters. The van der Waals surface area contributed by atoms with Gasteiger partial charge in [0.1, 0.15) is 0 Å². The Labute approximate surface area is 142 Å². The molecular weight excluding hydrogens is 334 g/mol. The van der Waals surface area contributed by atoms with Gasteiger partial charge < -0.3 is 10.6 Å². The summed E-state index contributed by atoms with van der Waals surface area (Å²) < 4.78 is 24.6. The number of nitrogens with zero attached hydrogens (tertiary/aromatic N) is 1. The lowest BCUT2D eigenvalue weighted by atomic mass is 9.79. The minimum absolute atomic E-state index is 0.0392. The van der Waals surface area contributed by atoms with E-state index < -0.39 is 10.0 Å². The minimum atomic E-state index is -3.17. The number of thiophene rings is 1. The number of nitrogens with one attached hydrogen (secondary N) is 1. The first kappa shape index (κ1) is 18.4. The Hall–Kier alpha value is -0.960. The first-order chi connectivity index (χ1) is 10.6. The van der Waals surface area contributed by atoms with Crippen molar-refractivity contribution in [3.63, 3.8) is 0 Å². The summed E-state index contributed by atoms with van der Waals surface area (Å²) in [7, 11) is -3.17. The number of carbonyl (C=O) groups is 1. The van der Waals surface area contributed by atoms with E-state index in [4.69, 9.17) is 5.73 Å². The van der Waals surface area contributed by atoms with Crippen molar-refractivity contribution in [1.29, 1.82) is 0 Å². The molecule has 2 rings (SSSR count). The maximum Gasteiger partial charge on any atom is 0.263 e. The third-order valence-electron chi connectivity index (χ3n) is 4.21. The molecule has 0 bridgehead atoms. The van der Waals surface area contributed by atoms with Gasteiger partial charge in [0, 0.05) is 30.6 Å². The molecule has 1 saturated heterocycles. The Morgan fingerprint density at radius 1 is 1.48 bits per heavy atom. The van der Waals surface area contributed by atoms with Crippen LogP contribution in [0.4, 0.5) is 0 Å². The van der Waals surface area contributed by atoms with Crippen LogP contribution < -0.4 is 10.5 Å². The predicted molar refractivity (Wildman–Crippen MR) is 93.1 cm³/mol. The van der Waals surface area contributed by atoms with Crippen LogP contribution in [-0.4, -0.2) is 51.2 Å². The zero-order valence-corrected chi connectivity index (χ0v) is 15.5. The molecule has 2 heterocycles. The molecule has 0 radical (unpaired) electrons. The number of sulfonamides is 1. The quantitative estimate of drug-likeness (QED) is 0.821. The zero-order valence-electron chi connectivity index (χ0n) is 13.8. The van der Waals surface area contributed by atoms with Gasteiger partial charge in [-0.05, 0) is 30.4 Å². The summed E-state index contributed by atoms with van der Waals surface area (Å²) in [5.74, 6) is 0.0392. The van der Waals surface area contributed by atoms with Gasteiger partial charge in [-0.1, -0.05) is 13.8 Å². The summed E-state index contributed by atoms with van der Waals surface area (Å²) in [4.78, 5) is 16.2. The Morgan fingerprint density at radius 2 is 2.17 bits per heavy atom. The Kier molecular flexibility index (Phi) is 5.50. The molecule has 0 aromatic carbocycles. The summed E-state index contributed by atoms with van der Waals surface area (Å²) in [5.41, 5.74) is 6.04. The highest BCUT2D eigenvalue weighted by molar-refractivity contribution is 7.88. The van der Waals surface area contributed by atoms with Crippen LogP contribution in [0.1, 0.15) is 34.8 Å². The third kappa shape index (κ3) is 5.00. The predicted octanol–water partition coefficient (Wildman–Crippen LogP) is 1.04. The van der Waals surface area contributed by atoms with E-state index in [1.165, 1.54) is 11.3 Å². The van der Waals surface area contributed by atoms with Gasteiger partial charge in [0.2, 0.25) is 10.0 Å². The van der Waals surface area contributed by atoms with Gasteiger partial charge >= 0.3 is 0 Å². The first-order valence-corrected chi connectivity index (χ1v) is 10.4. The van der Waals surface area contributed by atoms with Crippen LogP contribution >= 0.6 is 11.3 Å². The number of piperidine rings is 1. The number of hydrogen-bond acceptors (Lipinski definition) is 5. The van der Waals surface area contributed by atoms with E-state index in [0.717, 1.165) is 17.6 Å². The second kappa shape index (κ2) is 6.88. The molecular formula is C15H25N3O3S2. The van der Waals surface area contributed by atoms with Gasteiger partial charge in [-0.25, -0.2) is 13.1 Å². The normalized spacial score (nSPS) is 21.4. The van der Waals surface area contributed by atoms with Crippen LogP contribution in [0.2, 0.25) is 0 Å². The van der Waals surface area contributed by atoms with Gasteiger partial charge in [0.25, 0.3) is 5.91 Å². The maximum atomic E-state index is 12.6. The van der Waals surface area contributed by atoms with Crippen molar-refractivity contribution in [2.24, 2.45) is 11.1 Å². The molecule has 3 N–H and O–H groups in total. The second-order valence-electron chi connectivity index (χ2n) is 6.79. The highest BCUT2D eigenvalue weighted by atomic mass is 32.2. The number of hydrogen-bond donors (Lipinski definition) is 2. The molecule has 1 aromatic heterocycles. The summed E-state index contributed by atoms with van der Waals surface area (Å²) in [6, 6.07) is 3.83. The van der Waals surface area contributed by atoms with Crippen molar-refractivity contribution in [3.05, 3.63) is 21.9 Å². The van der Waals surface area contributed by atoms with Crippen molar-refractivity contribution >= 4 is 27.3 Å². The number of rotatable bonds is 5. The van der Waals surface area contributed by atoms with E-state index in [1.54, 1.807) is 0 Å². The highest BCUT2D eigenvalue weighted by Gasteiger charge is 2.35. The summed E-state index contributed by atoms with van der Waals surface area (Å²) in [6.45, 7) is 5.88. The highest BCUT2D eigenvalue weighted by Crippen LogP contribution is 2.29. The minimum Gasteiger partial charge on any atom is -0.337 e. The molecule has 1 aliphatic heterocycles. The molecule has 8 heteroatoms. The van der Waals surface area contributed by atoms with Gasteiger partial charge in [-0.15, -0.1) is 11.3 Å². The van der Waals surface area contributed by atoms with Crippen molar-refractivity contribution in [2.75, 3.05) is 25.9 Å². The molecule has 1 unspecified atom stereocenters. The monoisotopic (exact) mass is 359 g/mol. The third-order valence-corrected chi connectivity index (χ3v) is 6.07. The van der Waals surface area contributed by atoms with Crippen LogP contribution in [-0.2, 0) is 16.4 Å². The number of amides is 1. The molecule has 1 aliphatic rings. The SMILES string of the molecule is CC1(C)CN(C(=O)c2ccc(CCNS(C)(=O)=O)s2)CCC1N. The maximum absolute atomic E-state index is 12.6. The molecule has 130 valence electrons. The fourth-order valence-corrected chi connectivity index (χ4v) is 4.14. The molecule has 1 fully saturated rings. The number of nitrogens with two attached hydrogens (primary N) is 1. The molecule has 0 saturated carbocycles. The average molecular weight is 360 g/mol. The van der Waals surface area contributed by atoms with Gasteiger partial charge in [-0.2, -0.15) is 0 Å². The van der Waals surface area contributed by atoms with Crippen molar-refractivity contribution in [2.45, 2.75) is 32.7 Å². The zero-order chi connectivity index (χ0) is 17.3. The van der Waals surface area contributed by atoms with Crippen molar-refractivity contribution in [1.82, 2.24) is 9.62 Å². The van der Waals surface area contributed by atoms with E-state index in [-0.39, 0.29) is 17.4 Å². The summed E-state index contributed by atoms with van der Waals surface area (Å²) in [6.07, 6.45) is 2.54. The van der Waals surface area contributed by atoms with E-state index in [0.29, 0.717) is 30.9 Å². The second-order valence-corrected chi connectivity index (χ2v) is 9.79. The van der Waals surface area contributed by atoms with E-state index >= 15 is 0 Å². The molecule has 0 spiro atoms. The Morgan fingerprint density at radius 3 is 2.78 bits per heavy atom. The lowest BCUT2D eigenvalue weighted by Gasteiger charge is -2.42. The van der Waals surface area contributed by atoms with Crippen LogP contribution in [0.15, 0.2) is 12.1 Å². The molecule has 1 amide bonds. The summed E-state index contributed by atoms with van der Waals surface area (Å²) in [5, 5.41) is 0. The molecule has 6 nitrogen and oxygen atoms in total. The van der Waals surface area contributed by atoms with Crippen LogP contribution in [0.25, 0.3) is 0 Å². The van der Waals surface area contributed by atoms with E-state index in [9.17, 15) is 13.2 Å². The van der Waals surface area contributed by atoms with E-state index in [1.807, 2.05) is 17.0 Å². The molecule has 23 heavy (non-hydrogen) atoms. The van der Waals surface area contributed by atoms with Gasteiger partial charge in [0.15, 0.2) is 0 Å². The lowest BCUT2D eigenvalue weighted by molar-refractivity contribution is 0.0537. The van der Waals surface area contributed by atoms with Crippen LogP contribution in [0.5, 0.6) is 0 Å². The average Bonchev–Trinajstić information content (AvgIpc) is 2.88. The van der Waals surface area contributed by atoms with Crippen molar-refractivity contribution < 1.29 is 13.2 Å². The van der Waals surface area contributed by atoms with Crippen LogP contribution in [0, 0.1) is 5.41 Å². The summed E-state index contributed by atoms with van der Waals surface area (Å²) >= 11 is 1.43. The number of carbonyl (C=O) groups excluding carboxylic acids is 1. The topological polar surface area (TPSA) is 92.5 Å². The fourth-order valence-electron chi connectivity index (χ4n) is 2.69. The van der Waals surface area contributed by atoms with Gasteiger partial charge in [-0.3, -0.25) is 4.79 Å². The fraction of sp³-hybridized carbons (Fsp3) is 0.667. The first-order valence-electron chi connectivity index (χ1n) is 7.67. The van der Waals surface area contributed by atoms with Crippen LogP contribution in [0.3, 0.4) is 0 Å². The standard InChI is InChI=1S/C15H25N3O3S2/c1-15(2)10-18(9-7-13(15)16)14(19)12-5-4-11(22-12)6-8-17-23(3,20)21/h4-5,13,17H,6-10,16H2,1-3H3.